The van der Waals surface area contributed by atoms with E-state index in [2.05, 4.69) is 0 Å². The Labute approximate surface area is 107 Å². The summed E-state index contributed by atoms with van der Waals surface area (Å²) >= 11 is 0. The minimum absolute atomic E-state index is 0.579. The molecule has 1 aliphatic carbocycles. The van der Waals surface area contributed by atoms with E-state index in [-0.39, 0.29) is 0 Å². The number of ether oxygens (including phenoxy) is 2. The van der Waals surface area contributed by atoms with Gasteiger partial charge in [0.15, 0.2) is 0 Å². The van der Waals surface area contributed by atoms with Crippen LogP contribution in [0.5, 0.6) is 11.5 Å². The average molecular weight is 250 g/mol. The van der Waals surface area contributed by atoms with Gasteiger partial charge in [0.1, 0.15) is 11.5 Å². The predicted octanol–water partition coefficient (Wildman–Crippen LogP) is 2.86. The van der Waals surface area contributed by atoms with Crippen LogP contribution < -0.4 is 9.47 Å². The molecule has 0 bridgehead atoms. The number of carboxylic acids is 1. The van der Waals surface area contributed by atoms with E-state index >= 15 is 0 Å². The maximum Gasteiger partial charge on any atom is 0.348 e. The molecule has 0 aliphatic heterocycles. The van der Waals surface area contributed by atoms with Gasteiger partial charge in [0, 0.05) is 0 Å². The van der Waals surface area contributed by atoms with Crippen LogP contribution in [0.2, 0.25) is 0 Å². The fourth-order valence-corrected chi connectivity index (χ4v) is 2.30. The summed E-state index contributed by atoms with van der Waals surface area (Å²) in [5.74, 6) is 0.484. The average Bonchev–Trinajstić information content (AvgIpc) is 2.82. The van der Waals surface area contributed by atoms with Crippen molar-refractivity contribution in [1.82, 2.24) is 0 Å². The van der Waals surface area contributed by atoms with Crippen LogP contribution in [0.1, 0.15) is 32.6 Å². The number of rotatable bonds is 5. The molecule has 1 N–H and O–H groups in total. The molecule has 0 atom stereocenters. The van der Waals surface area contributed by atoms with Crippen molar-refractivity contribution in [2.45, 2.75) is 38.2 Å². The van der Waals surface area contributed by atoms with Gasteiger partial charge in [-0.15, -0.1) is 0 Å². The van der Waals surface area contributed by atoms with Gasteiger partial charge in [0.25, 0.3) is 0 Å². The van der Waals surface area contributed by atoms with Crippen LogP contribution in [0, 0.1) is 0 Å². The molecule has 0 amide bonds. The lowest BCUT2D eigenvalue weighted by atomic mass is 10.0. The lowest BCUT2D eigenvalue weighted by molar-refractivity contribution is -0.154. The molecule has 1 aromatic rings. The van der Waals surface area contributed by atoms with Gasteiger partial charge in [0.2, 0.25) is 5.60 Å². The summed E-state index contributed by atoms with van der Waals surface area (Å²) in [4.78, 5) is 11.3. The van der Waals surface area contributed by atoms with Gasteiger partial charge < -0.3 is 14.6 Å². The monoisotopic (exact) mass is 250 g/mol. The summed E-state index contributed by atoms with van der Waals surface area (Å²) in [6.45, 7) is 2.53. The Hall–Kier alpha value is -1.71. The maximum atomic E-state index is 11.3. The SMILES string of the molecule is CCOc1ccc(OC2(C(=O)O)CCCC2)cc1. The highest BCUT2D eigenvalue weighted by atomic mass is 16.5. The van der Waals surface area contributed by atoms with Crippen LogP contribution >= 0.6 is 0 Å². The third kappa shape index (κ3) is 2.58. The zero-order valence-electron chi connectivity index (χ0n) is 10.5. The second-order valence-electron chi connectivity index (χ2n) is 4.51. The fourth-order valence-electron chi connectivity index (χ4n) is 2.30. The zero-order chi connectivity index (χ0) is 13.0. The Morgan fingerprint density at radius 3 is 2.28 bits per heavy atom. The van der Waals surface area contributed by atoms with Crippen LogP contribution in [0.3, 0.4) is 0 Å². The van der Waals surface area contributed by atoms with E-state index in [1.165, 1.54) is 0 Å². The summed E-state index contributed by atoms with van der Waals surface area (Å²) in [6.07, 6.45) is 2.97. The normalized spacial score (nSPS) is 17.4. The molecular weight excluding hydrogens is 232 g/mol. The van der Waals surface area contributed by atoms with Crippen LogP contribution in [0.25, 0.3) is 0 Å². The van der Waals surface area contributed by atoms with E-state index in [0.717, 1.165) is 18.6 Å². The van der Waals surface area contributed by atoms with Gasteiger partial charge >= 0.3 is 5.97 Å². The number of benzene rings is 1. The van der Waals surface area contributed by atoms with Gasteiger partial charge in [0.05, 0.1) is 6.61 Å². The molecule has 98 valence electrons. The molecule has 0 spiro atoms. The van der Waals surface area contributed by atoms with Crippen molar-refractivity contribution in [2.24, 2.45) is 0 Å². The molecule has 1 aromatic carbocycles. The fraction of sp³-hybridized carbons (Fsp3) is 0.500. The number of hydrogen-bond acceptors (Lipinski definition) is 3. The summed E-state index contributed by atoms with van der Waals surface area (Å²) in [6, 6.07) is 7.11. The van der Waals surface area contributed by atoms with Gasteiger partial charge in [-0.2, -0.15) is 0 Å². The second-order valence-corrected chi connectivity index (χ2v) is 4.51. The maximum absolute atomic E-state index is 11.3. The lowest BCUT2D eigenvalue weighted by Gasteiger charge is -2.25. The summed E-state index contributed by atoms with van der Waals surface area (Å²) in [5, 5.41) is 9.31. The highest BCUT2D eigenvalue weighted by molar-refractivity contribution is 5.78. The Kier molecular flexibility index (Phi) is 3.75. The molecule has 1 aliphatic rings. The van der Waals surface area contributed by atoms with E-state index < -0.39 is 11.6 Å². The molecule has 1 fully saturated rings. The summed E-state index contributed by atoms with van der Waals surface area (Å²) in [7, 11) is 0. The molecule has 4 heteroatoms. The summed E-state index contributed by atoms with van der Waals surface area (Å²) in [5.41, 5.74) is -1.03. The highest BCUT2D eigenvalue weighted by Gasteiger charge is 2.43. The third-order valence-corrected chi connectivity index (χ3v) is 3.25. The molecule has 0 saturated heterocycles. The van der Waals surface area contributed by atoms with Crippen LogP contribution in [0.4, 0.5) is 0 Å². The van der Waals surface area contributed by atoms with Crippen molar-refractivity contribution >= 4 is 5.97 Å². The van der Waals surface area contributed by atoms with Gasteiger partial charge in [-0.05, 0) is 56.9 Å². The Morgan fingerprint density at radius 2 is 1.78 bits per heavy atom. The molecule has 4 nitrogen and oxygen atoms in total. The minimum Gasteiger partial charge on any atom is -0.494 e. The Balaban J connectivity index is 2.10. The minimum atomic E-state index is -1.03. The number of carbonyl (C=O) groups is 1. The van der Waals surface area contributed by atoms with Crippen LogP contribution in [-0.4, -0.2) is 23.3 Å². The highest BCUT2D eigenvalue weighted by Crippen LogP contribution is 2.35. The molecule has 2 rings (SSSR count). The van der Waals surface area contributed by atoms with Crippen LogP contribution in [0.15, 0.2) is 24.3 Å². The quantitative estimate of drug-likeness (QED) is 0.873. The van der Waals surface area contributed by atoms with E-state index in [1.54, 1.807) is 24.3 Å². The predicted molar refractivity (Wildman–Crippen MR) is 67.1 cm³/mol. The molecular formula is C14H18O4. The van der Waals surface area contributed by atoms with Crippen LogP contribution in [-0.2, 0) is 4.79 Å². The first-order valence-electron chi connectivity index (χ1n) is 6.31. The molecule has 0 unspecified atom stereocenters. The second kappa shape index (κ2) is 5.29. The van der Waals surface area contributed by atoms with E-state index in [4.69, 9.17) is 9.47 Å². The van der Waals surface area contributed by atoms with Crippen molar-refractivity contribution in [3.8, 4) is 11.5 Å². The van der Waals surface area contributed by atoms with Gasteiger partial charge in [-0.1, -0.05) is 0 Å². The third-order valence-electron chi connectivity index (χ3n) is 3.25. The largest absolute Gasteiger partial charge is 0.494 e. The molecule has 1 saturated carbocycles. The van der Waals surface area contributed by atoms with E-state index in [0.29, 0.717) is 25.2 Å². The molecule has 0 aromatic heterocycles. The summed E-state index contributed by atoms with van der Waals surface area (Å²) < 4.78 is 11.0. The number of hydrogen-bond donors (Lipinski definition) is 1. The van der Waals surface area contributed by atoms with E-state index in [1.807, 2.05) is 6.92 Å². The van der Waals surface area contributed by atoms with Crippen molar-refractivity contribution in [3.05, 3.63) is 24.3 Å². The lowest BCUT2D eigenvalue weighted by Crippen LogP contribution is -2.41. The number of aliphatic carboxylic acids is 1. The Morgan fingerprint density at radius 1 is 1.22 bits per heavy atom. The molecule has 18 heavy (non-hydrogen) atoms. The van der Waals surface area contributed by atoms with E-state index in [9.17, 15) is 9.90 Å². The van der Waals surface area contributed by atoms with Crippen molar-refractivity contribution < 1.29 is 19.4 Å². The van der Waals surface area contributed by atoms with Crippen molar-refractivity contribution in [2.75, 3.05) is 6.61 Å². The first-order valence-corrected chi connectivity index (χ1v) is 6.31. The van der Waals surface area contributed by atoms with Gasteiger partial charge in [-0.25, -0.2) is 4.79 Å². The van der Waals surface area contributed by atoms with Crippen molar-refractivity contribution in [1.29, 1.82) is 0 Å². The number of carboxylic acid groups (broad SMARTS) is 1. The molecule has 0 radical (unpaired) electrons. The Bertz CT molecular complexity index is 404. The molecule has 0 heterocycles. The smallest absolute Gasteiger partial charge is 0.348 e. The first kappa shape index (κ1) is 12.7. The topological polar surface area (TPSA) is 55.8 Å². The van der Waals surface area contributed by atoms with Crippen molar-refractivity contribution in [3.63, 3.8) is 0 Å². The zero-order valence-corrected chi connectivity index (χ0v) is 10.5. The standard InChI is InChI=1S/C14H18O4/c1-2-17-11-5-7-12(8-6-11)18-14(13(15)16)9-3-4-10-14/h5-8H,2-4,9-10H2,1H3,(H,15,16). The van der Waals surface area contributed by atoms with Gasteiger partial charge in [-0.3, -0.25) is 0 Å². The first-order chi connectivity index (χ1) is 8.66.